The Hall–Kier alpha value is -1.78. The first kappa shape index (κ1) is 23.9. The molecule has 0 amide bonds. The highest BCUT2D eigenvalue weighted by Crippen LogP contribution is 2.49. The Labute approximate surface area is 180 Å². The molecule has 1 aliphatic carbocycles. The fourth-order valence-electron chi connectivity index (χ4n) is 4.04. The zero-order valence-corrected chi connectivity index (χ0v) is 18.7. The maximum absolute atomic E-state index is 12.1. The number of nitrogen functional groups attached to an aromatic ring is 1. The number of phosphoric acid groups is 1. The minimum Gasteiger partial charge on any atom is -0.396 e. The van der Waals surface area contributed by atoms with E-state index in [0.717, 1.165) is 19.3 Å². The molecule has 1 unspecified atom stereocenters. The molecule has 2 aromatic rings. The minimum atomic E-state index is -4.13. The van der Waals surface area contributed by atoms with Crippen molar-refractivity contribution >= 4 is 24.9 Å². The van der Waals surface area contributed by atoms with E-state index in [2.05, 4.69) is 21.9 Å². The maximum atomic E-state index is 12.1. The quantitative estimate of drug-likeness (QED) is 0.261. The van der Waals surface area contributed by atoms with Gasteiger partial charge in [0.05, 0.1) is 19.5 Å². The van der Waals surface area contributed by atoms with Gasteiger partial charge in [-0.1, -0.05) is 39.0 Å². The topological polar surface area (TPSA) is 166 Å². The molecule has 3 rings (SSSR count). The number of nitrogens with zero attached hydrogens (tertiary/aromatic N) is 3. The molecule has 11 nitrogen and oxygen atoms in total. The van der Waals surface area contributed by atoms with Gasteiger partial charge in [0.15, 0.2) is 11.2 Å². The third kappa shape index (κ3) is 5.93. The number of phosphoric ester groups is 1. The van der Waals surface area contributed by atoms with E-state index in [4.69, 9.17) is 14.8 Å². The van der Waals surface area contributed by atoms with Gasteiger partial charge < -0.3 is 20.3 Å². The van der Waals surface area contributed by atoms with Gasteiger partial charge >= 0.3 is 7.82 Å². The summed E-state index contributed by atoms with van der Waals surface area (Å²) >= 11 is 0. The molecule has 0 spiro atoms. The van der Waals surface area contributed by atoms with Crippen molar-refractivity contribution in [1.82, 2.24) is 19.5 Å². The van der Waals surface area contributed by atoms with Crippen LogP contribution in [0.4, 0.5) is 5.95 Å². The van der Waals surface area contributed by atoms with Gasteiger partial charge in [0.25, 0.3) is 5.56 Å². The predicted molar refractivity (Wildman–Crippen MR) is 115 cm³/mol. The molecule has 0 saturated heterocycles. The number of aliphatic hydroxyl groups excluding tert-OH is 1. The number of aliphatic hydroxyl groups is 1. The van der Waals surface area contributed by atoms with Crippen LogP contribution in [0.3, 0.4) is 0 Å². The third-order valence-electron chi connectivity index (χ3n) is 5.87. The Morgan fingerprint density at radius 3 is 2.77 bits per heavy atom. The highest BCUT2D eigenvalue weighted by atomic mass is 31.2. The number of nitrogens with two attached hydrogens (primary N) is 1. The second-order valence-electron chi connectivity index (χ2n) is 8.05. The van der Waals surface area contributed by atoms with Crippen LogP contribution in [-0.4, -0.2) is 49.3 Å². The molecule has 5 N–H and O–H groups in total. The van der Waals surface area contributed by atoms with E-state index in [0.29, 0.717) is 18.5 Å². The standard InChI is InChI=1S/C19H32N5O6P/c1-2-3-4-5-6-7-8-29-31(27,28)30-11-13-9-15(14(13)10-25)24-12-21-16-17(24)22-19(20)23-18(16)26/h12-15,25H,2-11H2,1H3,(H,27,28)(H3,20,22,23,26)/t13-,14-,15-/m1/s1. The zero-order valence-electron chi connectivity index (χ0n) is 17.8. The number of rotatable bonds is 13. The van der Waals surface area contributed by atoms with Gasteiger partial charge in [0.1, 0.15) is 0 Å². The van der Waals surface area contributed by atoms with Crippen molar-refractivity contribution < 1.29 is 23.6 Å². The van der Waals surface area contributed by atoms with E-state index in [1.54, 1.807) is 4.57 Å². The van der Waals surface area contributed by atoms with Gasteiger partial charge in [-0.3, -0.25) is 18.8 Å². The smallest absolute Gasteiger partial charge is 0.396 e. The summed E-state index contributed by atoms with van der Waals surface area (Å²) in [5.74, 6) is -0.383. The van der Waals surface area contributed by atoms with Crippen molar-refractivity contribution in [3.63, 3.8) is 0 Å². The summed E-state index contributed by atoms with van der Waals surface area (Å²) in [6.45, 7) is 2.18. The van der Waals surface area contributed by atoms with Crippen LogP contribution in [0.2, 0.25) is 0 Å². The molecular weight excluding hydrogens is 425 g/mol. The van der Waals surface area contributed by atoms with E-state index < -0.39 is 13.4 Å². The number of hydrogen-bond donors (Lipinski definition) is 4. The normalized spacial score (nSPS) is 23.0. The first-order valence-corrected chi connectivity index (χ1v) is 12.3. The summed E-state index contributed by atoms with van der Waals surface area (Å²) in [4.78, 5) is 32.5. The number of fused-ring (bicyclic) bond motifs is 1. The SMILES string of the molecule is CCCCCCCCOP(=O)(O)OC[C@H]1C[C@@H](n2cnc3c(=O)[nH]c(N)nc32)[C@@H]1CO. The maximum Gasteiger partial charge on any atom is 0.472 e. The van der Waals surface area contributed by atoms with Gasteiger partial charge in [-0.05, 0) is 18.8 Å². The fraction of sp³-hybridized carbons (Fsp3) is 0.737. The molecule has 0 aliphatic heterocycles. The summed E-state index contributed by atoms with van der Waals surface area (Å²) in [7, 11) is -4.13. The van der Waals surface area contributed by atoms with Crippen LogP contribution < -0.4 is 11.3 Å². The molecule has 2 heterocycles. The molecule has 0 bridgehead atoms. The third-order valence-corrected chi connectivity index (χ3v) is 6.85. The van der Waals surface area contributed by atoms with Gasteiger partial charge in [-0.15, -0.1) is 0 Å². The first-order chi connectivity index (χ1) is 14.9. The second-order valence-corrected chi connectivity index (χ2v) is 9.50. The molecule has 4 atom stereocenters. The minimum absolute atomic E-state index is 0.00517. The van der Waals surface area contributed by atoms with Crippen molar-refractivity contribution in [3.8, 4) is 0 Å². The molecular formula is C19H32N5O6P. The van der Waals surface area contributed by atoms with Crippen molar-refractivity contribution in [2.75, 3.05) is 25.6 Å². The second kappa shape index (κ2) is 10.7. The first-order valence-electron chi connectivity index (χ1n) is 10.8. The molecule has 174 valence electrons. The number of aromatic nitrogens is 4. The fourth-order valence-corrected chi connectivity index (χ4v) is 4.85. The lowest BCUT2D eigenvalue weighted by Crippen LogP contribution is -2.42. The van der Waals surface area contributed by atoms with Crippen LogP contribution in [-0.2, 0) is 13.6 Å². The Morgan fingerprint density at radius 1 is 1.29 bits per heavy atom. The van der Waals surface area contributed by atoms with Crippen molar-refractivity contribution in [1.29, 1.82) is 0 Å². The number of anilines is 1. The molecule has 1 saturated carbocycles. The van der Waals surface area contributed by atoms with Crippen LogP contribution in [0.5, 0.6) is 0 Å². The predicted octanol–water partition coefficient (Wildman–Crippen LogP) is 2.37. The molecule has 2 aromatic heterocycles. The molecule has 1 aliphatic rings. The van der Waals surface area contributed by atoms with Crippen LogP contribution >= 0.6 is 7.82 Å². The molecule has 12 heteroatoms. The van der Waals surface area contributed by atoms with Crippen LogP contribution in [0.1, 0.15) is 57.9 Å². The van der Waals surface area contributed by atoms with Crippen molar-refractivity contribution in [3.05, 3.63) is 16.7 Å². The Balaban J connectivity index is 1.49. The van der Waals surface area contributed by atoms with Gasteiger partial charge in [0.2, 0.25) is 5.95 Å². The summed E-state index contributed by atoms with van der Waals surface area (Å²) in [5.41, 5.74) is 5.73. The number of unbranched alkanes of at least 4 members (excludes halogenated alkanes) is 5. The van der Waals surface area contributed by atoms with Crippen LogP contribution in [0.25, 0.3) is 11.2 Å². The lowest BCUT2D eigenvalue weighted by atomic mass is 9.70. The van der Waals surface area contributed by atoms with Gasteiger partial charge in [-0.2, -0.15) is 4.98 Å². The summed E-state index contributed by atoms with van der Waals surface area (Å²) in [6, 6.07) is -0.167. The van der Waals surface area contributed by atoms with Crippen molar-refractivity contribution in [2.45, 2.75) is 57.9 Å². The largest absolute Gasteiger partial charge is 0.472 e. The number of H-pyrrole nitrogens is 1. The Morgan fingerprint density at radius 2 is 2.03 bits per heavy atom. The summed E-state index contributed by atoms with van der Waals surface area (Å²) in [5, 5.41) is 9.83. The van der Waals surface area contributed by atoms with Crippen molar-refractivity contribution in [2.24, 2.45) is 11.8 Å². The zero-order chi connectivity index (χ0) is 22.4. The van der Waals surface area contributed by atoms with E-state index in [1.165, 1.54) is 19.2 Å². The Kier molecular flexibility index (Phi) is 8.23. The molecule has 0 radical (unpaired) electrons. The monoisotopic (exact) mass is 457 g/mol. The van der Waals surface area contributed by atoms with E-state index in [1.807, 2.05) is 0 Å². The molecule has 1 fully saturated rings. The highest BCUT2D eigenvalue weighted by molar-refractivity contribution is 7.47. The van der Waals surface area contributed by atoms with Crippen LogP contribution in [0.15, 0.2) is 11.1 Å². The van der Waals surface area contributed by atoms with Crippen LogP contribution in [0, 0.1) is 11.8 Å². The number of aromatic amines is 1. The lowest BCUT2D eigenvalue weighted by molar-refractivity contribution is -0.00810. The van der Waals surface area contributed by atoms with E-state index in [9.17, 15) is 19.4 Å². The highest BCUT2D eigenvalue weighted by Gasteiger charge is 2.43. The van der Waals surface area contributed by atoms with Gasteiger partial charge in [0, 0.05) is 18.6 Å². The Bertz CT molecular complexity index is 963. The van der Waals surface area contributed by atoms with E-state index >= 15 is 0 Å². The number of imidazole rings is 1. The summed E-state index contributed by atoms with van der Waals surface area (Å²) in [6.07, 6.45) is 8.36. The molecule has 31 heavy (non-hydrogen) atoms. The lowest BCUT2D eigenvalue weighted by Gasteiger charge is -2.44. The average molecular weight is 457 g/mol. The number of nitrogens with one attached hydrogen (secondary N) is 1. The molecule has 0 aromatic carbocycles. The summed E-state index contributed by atoms with van der Waals surface area (Å²) < 4.78 is 24.1. The average Bonchev–Trinajstić information content (AvgIpc) is 3.10. The number of hydrogen-bond acceptors (Lipinski definition) is 8. The van der Waals surface area contributed by atoms with Gasteiger partial charge in [-0.25, -0.2) is 9.55 Å². The van der Waals surface area contributed by atoms with E-state index in [-0.39, 0.29) is 49.2 Å².